The number of halogens is 3. The third-order valence-electron chi connectivity index (χ3n) is 4.65. The van der Waals surface area contributed by atoms with Gasteiger partial charge in [0.25, 0.3) is 0 Å². The van der Waals surface area contributed by atoms with Gasteiger partial charge in [-0.05, 0) is 48.2 Å². The van der Waals surface area contributed by atoms with Crippen LogP contribution in [-0.2, 0) is 28.6 Å². The predicted molar refractivity (Wildman–Crippen MR) is 103 cm³/mol. The van der Waals surface area contributed by atoms with E-state index in [9.17, 15) is 27.9 Å². The molecule has 152 valence electrons. The zero-order chi connectivity index (χ0) is 21.2. The first kappa shape index (κ1) is 20.4. The Kier molecular flexibility index (Phi) is 5.63. The quantitative estimate of drug-likeness (QED) is 0.560. The van der Waals surface area contributed by atoms with Crippen molar-refractivity contribution in [1.82, 2.24) is 4.98 Å². The topological polar surface area (TPSA) is 82.2 Å². The van der Waals surface area contributed by atoms with Gasteiger partial charge in [0.15, 0.2) is 0 Å². The second-order valence-corrected chi connectivity index (χ2v) is 6.90. The molecule has 0 aliphatic carbocycles. The number of hydrogen-bond donors (Lipinski definition) is 3. The van der Waals surface area contributed by atoms with Crippen LogP contribution in [-0.4, -0.2) is 22.0 Å². The van der Waals surface area contributed by atoms with Crippen molar-refractivity contribution >= 4 is 28.5 Å². The van der Waals surface area contributed by atoms with Crippen molar-refractivity contribution in [2.45, 2.75) is 25.9 Å². The first-order valence-electron chi connectivity index (χ1n) is 8.90. The maximum absolute atomic E-state index is 12.7. The second-order valence-electron chi connectivity index (χ2n) is 6.90. The Morgan fingerprint density at radius 1 is 1.07 bits per heavy atom. The minimum absolute atomic E-state index is 0.108. The SMILES string of the molecule is CC(=O)Nc1c[nH]c2ccc(CC(Cc3ccc(C(F)(F)F)cc3)C(=O)O)cc12. The van der Waals surface area contributed by atoms with Crippen LogP contribution in [0.4, 0.5) is 18.9 Å². The molecule has 8 heteroatoms. The highest BCUT2D eigenvalue weighted by Gasteiger charge is 2.30. The van der Waals surface area contributed by atoms with Gasteiger partial charge in [-0.25, -0.2) is 0 Å². The minimum Gasteiger partial charge on any atom is -0.481 e. The summed E-state index contributed by atoms with van der Waals surface area (Å²) in [5, 5.41) is 13.1. The van der Waals surface area contributed by atoms with E-state index in [4.69, 9.17) is 0 Å². The Balaban J connectivity index is 1.80. The van der Waals surface area contributed by atoms with Crippen molar-refractivity contribution in [3.05, 3.63) is 65.4 Å². The van der Waals surface area contributed by atoms with Gasteiger partial charge >= 0.3 is 12.1 Å². The summed E-state index contributed by atoms with van der Waals surface area (Å²) < 4.78 is 38.1. The Hall–Kier alpha value is -3.29. The lowest BCUT2D eigenvalue weighted by Crippen LogP contribution is -2.19. The van der Waals surface area contributed by atoms with Crippen molar-refractivity contribution in [3.63, 3.8) is 0 Å². The van der Waals surface area contributed by atoms with E-state index in [1.54, 1.807) is 24.4 Å². The van der Waals surface area contributed by atoms with Crippen LogP contribution >= 0.6 is 0 Å². The van der Waals surface area contributed by atoms with Crippen LogP contribution in [0.25, 0.3) is 10.9 Å². The largest absolute Gasteiger partial charge is 0.481 e. The van der Waals surface area contributed by atoms with E-state index in [0.29, 0.717) is 11.3 Å². The number of aromatic nitrogens is 1. The molecule has 5 nitrogen and oxygen atoms in total. The fourth-order valence-corrected chi connectivity index (χ4v) is 3.23. The highest BCUT2D eigenvalue weighted by Crippen LogP contribution is 2.30. The van der Waals surface area contributed by atoms with Gasteiger partial charge in [0.1, 0.15) is 0 Å². The third-order valence-corrected chi connectivity index (χ3v) is 4.65. The molecule has 0 radical (unpaired) electrons. The van der Waals surface area contributed by atoms with Crippen LogP contribution in [0.2, 0.25) is 0 Å². The van der Waals surface area contributed by atoms with Gasteiger partial charge in [-0.1, -0.05) is 18.2 Å². The average molecular weight is 404 g/mol. The van der Waals surface area contributed by atoms with Crippen LogP contribution in [0, 0.1) is 5.92 Å². The number of aromatic amines is 1. The first-order chi connectivity index (χ1) is 13.6. The molecule has 0 aliphatic rings. The van der Waals surface area contributed by atoms with Crippen molar-refractivity contribution in [3.8, 4) is 0 Å². The number of alkyl halides is 3. The van der Waals surface area contributed by atoms with E-state index in [1.165, 1.54) is 19.1 Å². The summed E-state index contributed by atoms with van der Waals surface area (Å²) in [6.45, 7) is 1.40. The van der Waals surface area contributed by atoms with Gasteiger partial charge in [0.2, 0.25) is 5.91 Å². The fraction of sp³-hybridized carbons (Fsp3) is 0.238. The van der Waals surface area contributed by atoms with Crippen LogP contribution < -0.4 is 5.32 Å². The molecule has 0 spiro atoms. The average Bonchev–Trinajstić information content (AvgIpc) is 3.02. The molecule has 2 aromatic carbocycles. The molecular weight excluding hydrogens is 385 g/mol. The smallest absolute Gasteiger partial charge is 0.416 e. The predicted octanol–water partition coefficient (Wildman–Crippen LogP) is 4.63. The maximum Gasteiger partial charge on any atom is 0.416 e. The number of benzene rings is 2. The molecule has 1 aromatic heterocycles. The number of anilines is 1. The number of fused-ring (bicyclic) bond motifs is 1. The lowest BCUT2D eigenvalue weighted by atomic mass is 9.92. The lowest BCUT2D eigenvalue weighted by molar-refractivity contribution is -0.142. The minimum atomic E-state index is -4.43. The number of amides is 1. The second kappa shape index (κ2) is 7.98. The lowest BCUT2D eigenvalue weighted by Gasteiger charge is -2.14. The van der Waals surface area contributed by atoms with Crippen molar-refractivity contribution in [2.24, 2.45) is 5.92 Å². The van der Waals surface area contributed by atoms with Gasteiger partial charge in [0, 0.05) is 24.0 Å². The monoisotopic (exact) mass is 404 g/mol. The molecule has 29 heavy (non-hydrogen) atoms. The van der Waals surface area contributed by atoms with E-state index in [-0.39, 0.29) is 18.7 Å². The van der Waals surface area contributed by atoms with Crippen molar-refractivity contribution in [1.29, 1.82) is 0 Å². The van der Waals surface area contributed by atoms with E-state index in [0.717, 1.165) is 28.6 Å². The molecule has 0 saturated carbocycles. The summed E-state index contributed by atoms with van der Waals surface area (Å²) in [5.74, 6) is -2.05. The zero-order valence-electron chi connectivity index (χ0n) is 15.5. The van der Waals surface area contributed by atoms with Gasteiger partial charge in [0.05, 0.1) is 17.2 Å². The summed E-state index contributed by atoms with van der Waals surface area (Å²) in [6.07, 6.45) is -2.46. The highest BCUT2D eigenvalue weighted by atomic mass is 19.4. The molecule has 1 atom stereocenters. The van der Waals surface area contributed by atoms with Crippen LogP contribution in [0.15, 0.2) is 48.7 Å². The Bertz CT molecular complexity index is 1040. The molecule has 3 aromatic rings. The summed E-state index contributed by atoms with van der Waals surface area (Å²) in [7, 11) is 0. The van der Waals surface area contributed by atoms with Crippen LogP contribution in [0.5, 0.6) is 0 Å². The molecule has 0 bridgehead atoms. The number of nitrogens with one attached hydrogen (secondary N) is 2. The number of rotatable bonds is 6. The summed E-state index contributed by atoms with van der Waals surface area (Å²) in [6, 6.07) is 9.93. The molecule has 0 saturated heterocycles. The van der Waals surface area contributed by atoms with E-state index < -0.39 is 23.6 Å². The number of hydrogen-bond acceptors (Lipinski definition) is 2. The molecule has 3 N–H and O–H groups in total. The molecule has 3 rings (SSSR count). The normalized spacial score (nSPS) is 12.7. The van der Waals surface area contributed by atoms with Crippen molar-refractivity contribution < 1.29 is 27.9 Å². The standard InChI is InChI=1S/C21H19F3N2O3/c1-12(27)26-19-11-25-18-7-4-14(10-17(18)19)9-15(20(28)29)8-13-2-5-16(6-3-13)21(22,23)24/h2-7,10-11,15,25H,8-9H2,1H3,(H,26,27)(H,28,29). The maximum atomic E-state index is 12.7. The fourth-order valence-electron chi connectivity index (χ4n) is 3.23. The molecule has 1 unspecified atom stereocenters. The molecular formula is C21H19F3N2O3. The number of aliphatic carboxylic acids is 1. The van der Waals surface area contributed by atoms with Crippen LogP contribution in [0.1, 0.15) is 23.6 Å². The Labute approximate surface area is 164 Å². The highest BCUT2D eigenvalue weighted by molar-refractivity contribution is 6.01. The van der Waals surface area contributed by atoms with E-state index in [1.807, 2.05) is 0 Å². The van der Waals surface area contributed by atoms with Gasteiger partial charge in [-0.15, -0.1) is 0 Å². The van der Waals surface area contributed by atoms with Crippen LogP contribution in [0.3, 0.4) is 0 Å². The number of H-pyrrole nitrogens is 1. The number of carboxylic acid groups (broad SMARTS) is 1. The summed E-state index contributed by atoms with van der Waals surface area (Å²) in [5.41, 5.74) is 1.91. The van der Waals surface area contributed by atoms with Gasteiger partial charge in [-0.2, -0.15) is 13.2 Å². The van der Waals surface area contributed by atoms with E-state index in [2.05, 4.69) is 10.3 Å². The first-order valence-corrected chi connectivity index (χ1v) is 8.90. The number of carboxylic acids is 1. The molecule has 1 heterocycles. The molecule has 1 amide bonds. The van der Waals surface area contributed by atoms with Gasteiger partial charge in [-0.3, -0.25) is 9.59 Å². The zero-order valence-corrected chi connectivity index (χ0v) is 15.5. The number of carbonyl (C=O) groups is 2. The third kappa shape index (κ3) is 4.96. The van der Waals surface area contributed by atoms with Gasteiger partial charge < -0.3 is 15.4 Å². The van der Waals surface area contributed by atoms with Crippen molar-refractivity contribution in [2.75, 3.05) is 5.32 Å². The molecule has 0 aliphatic heterocycles. The van der Waals surface area contributed by atoms with E-state index >= 15 is 0 Å². The Morgan fingerprint density at radius 3 is 2.28 bits per heavy atom. The summed E-state index contributed by atoms with van der Waals surface area (Å²) in [4.78, 5) is 26.1. The Morgan fingerprint density at radius 2 is 1.69 bits per heavy atom. The summed E-state index contributed by atoms with van der Waals surface area (Å²) >= 11 is 0. The molecule has 0 fully saturated rings. The number of carbonyl (C=O) groups excluding carboxylic acids is 1.